The van der Waals surface area contributed by atoms with E-state index < -0.39 is 0 Å². The standard InChI is InChI=1S/C21H24N2O2/c1-14(24)22-18-10-6-16(7-11-18)20-4-3-5-21(20)17-8-12-19(13-9-17)23-15(2)25/h6-13,20-21H,3-5H2,1-2H3,(H,22,24)(H,23,25). The Labute approximate surface area is 148 Å². The van der Waals surface area contributed by atoms with Crippen LogP contribution in [-0.4, -0.2) is 11.8 Å². The van der Waals surface area contributed by atoms with Crippen molar-refractivity contribution in [1.29, 1.82) is 0 Å². The summed E-state index contributed by atoms with van der Waals surface area (Å²) in [7, 11) is 0. The normalized spacial score (nSPS) is 19.4. The van der Waals surface area contributed by atoms with Crippen LogP contribution in [0, 0.1) is 0 Å². The lowest BCUT2D eigenvalue weighted by molar-refractivity contribution is -0.115. The SMILES string of the molecule is CC(=O)Nc1ccc(C2CCCC2c2ccc(NC(C)=O)cc2)cc1. The van der Waals surface area contributed by atoms with Gasteiger partial charge in [0.25, 0.3) is 0 Å². The number of amides is 2. The van der Waals surface area contributed by atoms with Crippen LogP contribution in [0.1, 0.15) is 56.1 Å². The third kappa shape index (κ3) is 4.27. The third-order valence-electron chi connectivity index (χ3n) is 4.83. The van der Waals surface area contributed by atoms with Crippen molar-refractivity contribution in [3.63, 3.8) is 0 Å². The summed E-state index contributed by atoms with van der Waals surface area (Å²) < 4.78 is 0. The molecule has 1 aliphatic carbocycles. The van der Waals surface area contributed by atoms with E-state index >= 15 is 0 Å². The van der Waals surface area contributed by atoms with Gasteiger partial charge in [0.2, 0.25) is 11.8 Å². The molecule has 2 aromatic carbocycles. The summed E-state index contributed by atoms with van der Waals surface area (Å²) in [5, 5.41) is 5.63. The molecule has 130 valence electrons. The Bertz CT molecular complexity index is 685. The molecule has 1 fully saturated rings. The average Bonchev–Trinajstić information content (AvgIpc) is 3.05. The van der Waals surface area contributed by atoms with Crippen molar-refractivity contribution >= 4 is 23.2 Å². The van der Waals surface area contributed by atoms with Crippen LogP contribution in [-0.2, 0) is 9.59 Å². The summed E-state index contributed by atoms with van der Waals surface area (Å²) in [6.07, 6.45) is 3.57. The number of anilines is 2. The van der Waals surface area contributed by atoms with Crippen LogP contribution in [0.3, 0.4) is 0 Å². The molecule has 0 heterocycles. The molecule has 0 bridgehead atoms. The van der Waals surface area contributed by atoms with E-state index in [-0.39, 0.29) is 11.8 Å². The first-order valence-corrected chi connectivity index (χ1v) is 8.78. The molecule has 0 aliphatic heterocycles. The Balaban J connectivity index is 1.75. The Morgan fingerprint density at radius 1 is 0.720 bits per heavy atom. The van der Waals surface area contributed by atoms with E-state index in [0.29, 0.717) is 11.8 Å². The van der Waals surface area contributed by atoms with Crippen LogP contribution < -0.4 is 10.6 Å². The zero-order chi connectivity index (χ0) is 17.8. The number of carbonyl (C=O) groups excluding carboxylic acids is 2. The lowest BCUT2D eigenvalue weighted by atomic mass is 9.84. The second-order valence-corrected chi connectivity index (χ2v) is 6.75. The van der Waals surface area contributed by atoms with Crippen LogP contribution in [0.4, 0.5) is 11.4 Å². The highest BCUT2D eigenvalue weighted by atomic mass is 16.2. The molecule has 2 atom stereocenters. The first kappa shape index (κ1) is 17.2. The van der Waals surface area contributed by atoms with Crippen molar-refractivity contribution in [3.05, 3.63) is 59.7 Å². The van der Waals surface area contributed by atoms with Crippen LogP contribution in [0.15, 0.2) is 48.5 Å². The van der Waals surface area contributed by atoms with Gasteiger partial charge in [-0.3, -0.25) is 9.59 Å². The second kappa shape index (κ2) is 7.51. The van der Waals surface area contributed by atoms with Gasteiger partial charge >= 0.3 is 0 Å². The summed E-state index contributed by atoms with van der Waals surface area (Å²) in [5.74, 6) is 0.896. The van der Waals surface area contributed by atoms with E-state index in [9.17, 15) is 9.59 Å². The number of hydrogen-bond donors (Lipinski definition) is 2. The molecule has 25 heavy (non-hydrogen) atoms. The van der Waals surface area contributed by atoms with E-state index in [4.69, 9.17) is 0 Å². The summed E-state index contributed by atoms with van der Waals surface area (Å²) in [4.78, 5) is 22.3. The van der Waals surface area contributed by atoms with Gasteiger partial charge in [-0.05, 0) is 60.1 Å². The first-order chi connectivity index (χ1) is 12.0. The lowest BCUT2D eigenvalue weighted by Crippen LogP contribution is -2.08. The van der Waals surface area contributed by atoms with Crippen molar-refractivity contribution in [1.82, 2.24) is 0 Å². The molecular weight excluding hydrogens is 312 g/mol. The van der Waals surface area contributed by atoms with E-state index in [1.807, 2.05) is 24.3 Å². The molecule has 4 nitrogen and oxygen atoms in total. The Hall–Kier alpha value is -2.62. The molecule has 2 unspecified atom stereocenters. The number of hydrogen-bond acceptors (Lipinski definition) is 2. The molecule has 2 amide bonds. The quantitative estimate of drug-likeness (QED) is 0.853. The monoisotopic (exact) mass is 336 g/mol. The smallest absolute Gasteiger partial charge is 0.221 e. The van der Waals surface area contributed by atoms with Crippen molar-refractivity contribution in [2.75, 3.05) is 10.6 Å². The van der Waals surface area contributed by atoms with Crippen molar-refractivity contribution < 1.29 is 9.59 Å². The summed E-state index contributed by atoms with van der Waals surface area (Å²) in [5.41, 5.74) is 4.32. The van der Waals surface area contributed by atoms with Gasteiger partial charge in [0.1, 0.15) is 0 Å². The van der Waals surface area contributed by atoms with E-state index in [0.717, 1.165) is 11.4 Å². The van der Waals surface area contributed by atoms with Crippen molar-refractivity contribution in [3.8, 4) is 0 Å². The van der Waals surface area contributed by atoms with Gasteiger partial charge < -0.3 is 10.6 Å². The molecule has 4 heteroatoms. The van der Waals surface area contributed by atoms with Crippen molar-refractivity contribution in [2.24, 2.45) is 0 Å². The third-order valence-corrected chi connectivity index (χ3v) is 4.83. The molecule has 2 N–H and O–H groups in total. The van der Waals surface area contributed by atoms with Gasteiger partial charge in [-0.25, -0.2) is 0 Å². The predicted molar refractivity (Wildman–Crippen MR) is 101 cm³/mol. The van der Waals surface area contributed by atoms with Gasteiger partial charge in [0.15, 0.2) is 0 Å². The van der Waals surface area contributed by atoms with Gasteiger partial charge in [-0.2, -0.15) is 0 Å². The average molecular weight is 336 g/mol. The highest BCUT2D eigenvalue weighted by molar-refractivity contribution is 5.89. The zero-order valence-corrected chi connectivity index (χ0v) is 14.7. The maximum atomic E-state index is 11.1. The van der Waals surface area contributed by atoms with Gasteiger partial charge in [-0.15, -0.1) is 0 Å². The number of carbonyl (C=O) groups is 2. The maximum absolute atomic E-state index is 11.1. The number of benzene rings is 2. The largest absolute Gasteiger partial charge is 0.326 e. The van der Waals surface area contributed by atoms with E-state index in [1.54, 1.807) is 0 Å². The van der Waals surface area contributed by atoms with Crippen molar-refractivity contribution in [2.45, 2.75) is 44.9 Å². The topological polar surface area (TPSA) is 58.2 Å². The van der Waals surface area contributed by atoms with Crippen LogP contribution in [0.5, 0.6) is 0 Å². The Kier molecular flexibility index (Phi) is 5.17. The molecule has 2 aromatic rings. The highest BCUT2D eigenvalue weighted by Crippen LogP contribution is 2.46. The summed E-state index contributed by atoms with van der Waals surface area (Å²) in [6.45, 7) is 3.04. The lowest BCUT2D eigenvalue weighted by Gasteiger charge is -2.21. The maximum Gasteiger partial charge on any atom is 0.221 e. The number of nitrogens with one attached hydrogen (secondary N) is 2. The fourth-order valence-electron chi connectivity index (χ4n) is 3.79. The molecule has 0 saturated heterocycles. The highest BCUT2D eigenvalue weighted by Gasteiger charge is 2.29. The van der Waals surface area contributed by atoms with Crippen LogP contribution >= 0.6 is 0 Å². The first-order valence-electron chi connectivity index (χ1n) is 8.78. The van der Waals surface area contributed by atoms with Gasteiger partial charge in [0, 0.05) is 25.2 Å². The number of rotatable bonds is 4. The van der Waals surface area contributed by atoms with Gasteiger partial charge in [0.05, 0.1) is 0 Å². The minimum absolute atomic E-state index is 0.0502. The summed E-state index contributed by atoms with van der Waals surface area (Å²) >= 11 is 0. The fraction of sp³-hybridized carbons (Fsp3) is 0.333. The van der Waals surface area contributed by atoms with Gasteiger partial charge in [-0.1, -0.05) is 30.7 Å². The molecule has 3 rings (SSSR count). The predicted octanol–water partition coefficient (Wildman–Crippen LogP) is 4.65. The minimum atomic E-state index is -0.0502. The molecule has 1 saturated carbocycles. The van der Waals surface area contributed by atoms with Crippen LogP contribution in [0.25, 0.3) is 0 Å². The second-order valence-electron chi connectivity index (χ2n) is 6.75. The Morgan fingerprint density at radius 3 is 1.40 bits per heavy atom. The Morgan fingerprint density at radius 2 is 1.08 bits per heavy atom. The molecule has 0 spiro atoms. The molecular formula is C21H24N2O2. The minimum Gasteiger partial charge on any atom is -0.326 e. The molecule has 1 aliphatic rings. The van der Waals surface area contributed by atoms with Crippen LogP contribution in [0.2, 0.25) is 0 Å². The molecule has 0 aromatic heterocycles. The van der Waals surface area contributed by atoms with E-state index in [1.165, 1.54) is 44.2 Å². The fourth-order valence-corrected chi connectivity index (χ4v) is 3.79. The van der Waals surface area contributed by atoms with E-state index in [2.05, 4.69) is 34.9 Å². The summed E-state index contributed by atoms with van der Waals surface area (Å²) in [6, 6.07) is 16.4. The molecule has 0 radical (unpaired) electrons. The zero-order valence-electron chi connectivity index (χ0n) is 14.7.